The summed E-state index contributed by atoms with van der Waals surface area (Å²) in [6.07, 6.45) is 7.12. The Hall–Kier alpha value is -1.82. The van der Waals surface area contributed by atoms with Gasteiger partial charge in [-0.1, -0.05) is 12.8 Å². The molecule has 0 aliphatic carbocycles. The summed E-state index contributed by atoms with van der Waals surface area (Å²) in [5, 5.41) is 3.21. The first kappa shape index (κ1) is 17.0. The number of anilines is 1. The number of esters is 1. The van der Waals surface area contributed by atoms with Crippen LogP contribution in [0.4, 0.5) is 5.13 Å². The van der Waals surface area contributed by atoms with E-state index in [1.165, 1.54) is 25.7 Å². The Morgan fingerprint density at radius 1 is 1.29 bits per heavy atom. The van der Waals surface area contributed by atoms with Gasteiger partial charge < -0.3 is 14.2 Å². The summed E-state index contributed by atoms with van der Waals surface area (Å²) in [7, 11) is 0. The van der Waals surface area contributed by atoms with Crippen LogP contribution in [0.2, 0.25) is 0 Å². The molecule has 2 aromatic rings. The van der Waals surface area contributed by atoms with Crippen LogP contribution in [0.15, 0.2) is 17.6 Å². The molecular formula is C18H25N3O2S. The van der Waals surface area contributed by atoms with Gasteiger partial charge in [0, 0.05) is 24.7 Å². The van der Waals surface area contributed by atoms with E-state index in [4.69, 9.17) is 9.72 Å². The van der Waals surface area contributed by atoms with E-state index in [1.54, 1.807) is 11.3 Å². The molecule has 24 heavy (non-hydrogen) atoms. The zero-order valence-electron chi connectivity index (χ0n) is 14.5. The highest BCUT2D eigenvalue weighted by molar-refractivity contribution is 7.13. The summed E-state index contributed by atoms with van der Waals surface area (Å²) in [5.74, 6) is -0.270. The van der Waals surface area contributed by atoms with Crippen LogP contribution >= 0.6 is 11.3 Å². The monoisotopic (exact) mass is 347 g/mol. The van der Waals surface area contributed by atoms with E-state index in [2.05, 4.69) is 10.3 Å². The number of thiazole rings is 1. The molecule has 0 N–H and O–H groups in total. The Bertz CT molecular complexity index is 684. The molecule has 5 nitrogen and oxygen atoms in total. The molecule has 6 heteroatoms. The van der Waals surface area contributed by atoms with Gasteiger partial charge in [0.2, 0.25) is 0 Å². The van der Waals surface area contributed by atoms with Crippen molar-refractivity contribution in [3.8, 4) is 0 Å². The molecule has 3 rings (SSSR count). The Morgan fingerprint density at radius 2 is 2.04 bits per heavy atom. The predicted molar refractivity (Wildman–Crippen MR) is 97.0 cm³/mol. The van der Waals surface area contributed by atoms with Crippen molar-refractivity contribution in [1.82, 2.24) is 9.55 Å². The second-order valence-electron chi connectivity index (χ2n) is 6.27. The lowest BCUT2D eigenvalue weighted by atomic mass is 10.2. The van der Waals surface area contributed by atoms with E-state index in [0.29, 0.717) is 18.8 Å². The minimum Gasteiger partial charge on any atom is -0.461 e. The number of aromatic nitrogens is 2. The fourth-order valence-corrected chi connectivity index (χ4v) is 3.98. The molecule has 0 aromatic carbocycles. The molecule has 0 unspecified atom stereocenters. The number of carbonyl (C=O) groups is 1. The molecule has 1 aliphatic heterocycles. The van der Waals surface area contributed by atoms with Crippen molar-refractivity contribution in [2.45, 2.75) is 46.1 Å². The fraction of sp³-hybridized carbons (Fsp3) is 0.556. The van der Waals surface area contributed by atoms with Crippen molar-refractivity contribution in [2.24, 2.45) is 0 Å². The standard InChI is InChI=1S/C18H25N3O2S/c1-3-23-17(22)16-10-14(2)11-21(16)12-15-13-24-18(19-15)20-8-6-4-5-7-9-20/h10-11,13H,3-9,12H2,1-2H3. The lowest BCUT2D eigenvalue weighted by molar-refractivity contribution is 0.0514. The third-order valence-electron chi connectivity index (χ3n) is 4.27. The minimum atomic E-state index is -0.270. The van der Waals surface area contributed by atoms with Crippen LogP contribution in [0.5, 0.6) is 0 Å². The molecule has 0 bridgehead atoms. The van der Waals surface area contributed by atoms with Gasteiger partial charge >= 0.3 is 5.97 Å². The molecule has 130 valence electrons. The van der Waals surface area contributed by atoms with E-state index in [0.717, 1.165) is 29.5 Å². The van der Waals surface area contributed by atoms with Gasteiger partial charge in [-0.15, -0.1) is 11.3 Å². The largest absolute Gasteiger partial charge is 0.461 e. The van der Waals surface area contributed by atoms with Crippen LogP contribution in [0, 0.1) is 6.92 Å². The molecule has 0 spiro atoms. The first-order chi connectivity index (χ1) is 11.7. The van der Waals surface area contributed by atoms with Crippen LogP contribution in [-0.4, -0.2) is 35.2 Å². The third-order valence-corrected chi connectivity index (χ3v) is 5.22. The van der Waals surface area contributed by atoms with Crippen LogP contribution < -0.4 is 4.90 Å². The minimum absolute atomic E-state index is 0.270. The van der Waals surface area contributed by atoms with Gasteiger partial charge in [-0.05, 0) is 38.3 Å². The Balaban J connectivity index is 1.74. The van der Waals surface area contributed by atoms with Crippen molar-refractivity contribution in [2.75, 3.05) is 24.6 Å². The highest BCUT2D eigenvalue weighted by atomic mass is 32.1. The second kappa shape index (κ2) is 7.83. The van der Waals surface area contributed by atoms with Crippen molar-refractivity contribution in [3.05, 3.63) is 34.6 Å². The Morgan fingerprint density at radius 3 is 2.75 bits per heavy atom. The molecule has 2 aromatic heterocycles. The predicted octanol–water partition coefficient (Wildman–Crippen LogP) is 3.86. The van der Waals surface area contributed by atoms with Crippen LogP contribution in [0.3, 0.4) is 0 Å². The average Bonchev–Trinajstić information content (AvgIpc) is 3.06. The van der Waals surface area contributed by atoms with Crippen molar-refractivity contribution in [1.29, 1.82) is 0 Å². The summed E-state index contributed by atoms with van der Waals surface area (Å²) in [5.41, 5.74) is 2.65. The highest BCUT2D eigenvalue weighted by Crippen LogP contribution is 2.24. The highest BCUT2D eigenvalue weighted by Gasteiger charge is 2.17. The molecule has 0 atom stereocenters. The topological polar surface area (TPSA) is 47.4 Å². The van der Waals surface area contributed by atoms with Gasteiger partial charge in [0.1, 0.15) is 5.69 Å². The van der Waals surface area contributed by atoms with Gasteiger partial charge in [0.05, 0.1) is 18.8 Å². The van der Waals surface area contributed by atoms with E-state index >= 15 is 0 Å². The van der Waals surface area contributed by atoms with Crippen LogP contribution in [0.1, 0.15) is 54.4 Å². The normalized spacial score (nSPS) is 15.3. The van der Waals surface area contributed by atoms with E-state index in [9.17, 15) is 4.79 Å². The zero-order valence-corrected chi connectivity index (χ0v) is 15.3. The molecular weight excluding hydrogens is 322 g/mol. The summed E-state index contributed by atoms with van der Waals surface area (Å²) < 4.78 is 7.09. The Labute approximate surface area is 147 Å². The third kappa shape index (κ3) is 3.98. The van der Waals surface area contributed by atoms with E-state index in [-0.39, 0.29) is 5.97 Å². The molecule has 1 fully saturated rings. The van der Waals surface area contributed by atoms with Crippen molar-refractivity contribution < 1.29 is 9.53 Å². The van der Waals surface area contributed by atoms with Crippen LogP contribution in [0.25, 0.3) is 0 Å². The Kier molecular flexibility index (Phi) is 5.56. The number of rotatable bonds is 5. The smallest absolute Gasteiger partial charge is 0.354 e. The molecule has 1 saturated heterocycles. The summed E-state index contributed by atoms with van der Waals surface area (Å²) >= 11 is 1.70. The lowest BCUT2D eigenvalue weighted by Crippen LogP contribution is -2.23. The maximum atomic E-state index is 12.1. The summed E-state index contributed by atoms with van der Waals surface area (Å²) in [6.45, 7) is 7.01. The summed E-state index contributed by atoms with van der Waals surface area (Å²) in [4.78, 5) is 19.3. The fourth-order valence-electron chi connectivity index (χ4n) is 3.11. The number of ether oxygens (including phenoxy) is 1. The van der Waals surface area contributed by atoms with Gasteiger partial charge in [-0.25, -0.2) is 9.78 Å². The van der Waals surface area contributed by atoms with Gasteiger partial charge in [-0.3, -0.25) is 0 Å². The number of hydrogen-bond acceptors (Lipinski definition) is 5. The van der Waals surface area contributed by atoms with Crippen LogP contribution in [-0.2, 0) is 11.3 Å². The quantitative estimate of drug-likeness (QED) is 0.771. The number of carbonyl (C=O) groups excluding carboxylic acids is 1. The first-order valence-corrected chi connectivity index (χ1v) is 9.58. The SMILES string of the molecule is CCOC(=O)c1cc(C)cn1Cc1csc(N2CCCCCC2)n1. The second-order valence-corrected chi connectivity index (χ2v) is 7.11. The molecule has 0 radical (unpaired) electrons. The van der Waals surface area contributed by atoms with Gasteiger partial charge in [0.15, 0.2) is 5.13 Å². The number of aryl methyl sites for hydroxylation is 1. The van der Waals surface area contributed by atoms with E-state index in [1.807, 2.05) is 30.7 Å². The molecule has 0 saturated carbocycles. The number of nitrogens with zero attached hydrogens (tertiary/aromatic N) is 3. The van der Waals surface area contributed by atoms with E-state index < -0.39 is 0 Å². The van der Waals surface area contributed by atoms with Gasteiger partial charge in [-0.2, -0.15) is 0 Å². The lowest BCUT2D eigenvalue weighted by Gasteiger charge is -2.18. The zero-order chi connectivity index (χ0) is 16.9. The molecule has 0 amide bonds. The summed E-state index contributed by atoms with van der Waals surface area (Å²) in [6, 6.07) is 1.88. The molecule has 1 aliphatic rings. The molecule has 3 heterocycles. The van der Waals surface area contributed by atoms with Gasteiger partial charge in [0.25, 0.3) is 0 Å². The van der Waals surface area contributed by atoms with Crippen molar-refractivity contribution in [3.63, 3.8) is 0 Å². The maximum absolute atomic E-state index is 12.1. The number of hydrogen-bond donors (Lipinski definition) is 0. The average molecular weight is 347 g/mol. The van der Waals surface area contributed by atoms with Crippen molar-refractivity contribution >= 4 is 22.4 Å². The first-order valence-electron chi connectivity index (χ1n) is 8.70. The maximum Gasteiger partial charge on any atom is 0.354 e.